The van der Waals surface area contributed by atoms with Gasteiger partial charge in [-0.1, -0.05) is 0 Å². The Bertz CT molecular complexity index is 890. The lowest BCUT2D eigenvalue weighted by Crippen LogP contribution is -2.41. The molecule has 3 rings (SSSR count). The highest BCUT2D eigenvalue weighted by atomic mass is 32.1. The van der Waals surface area contributed by atoms with E-state index in [-0.39, 0.29) is 6.54 Å². The van der Waals surface area contributed by atoms with Gasteiger partial charge in [0, 0.05) is 24.2 Å². The molecule has 1 aliphatic heterocycles. The summed E-state index contributed by atoms with van der Waals surface area (Å²) in [5, 5.41) is 3.49. The lowest BCUT2D eigenvalue weighted by atomic mass is 10.1. The maximum Gasteiger partial charge on any atom is 0.349 e. The number of imide groups is 1. The number of esters is 1. The molecule has 7 nitrogen and oxygen atoms in total. The first-order chi connectivity index (χ1) is 11.8. The number of pyridine rings is 1. The van der Waals surface area contributed by atoms with Gasteiger partial charge in [0.2, 0.25) is 0 Å². The van der Waals surface area contributed by atoms with Gasteiger partial charge in [0.1, 0.15) is 9.71 Å². The quantitative estimate of drug-likeness (QED) is 0.848. The molecule has 1 unspecified atom stereocenters. The standard InChI is InChI=1S/C17H19N3O4S/c1-8-7-9(2)19-14-12(8)10(3)13(25-14)16(22)24-11(4)15(21)20-6-5-18-17(20)23/h7,11H,5-6H2,1-4H3,(H,18,23). The number of aryl methyl sites for hydroxylation is 3. The van der Waals surface area contributed by atoms with Crippen LogP contribution in [-0.2, 0) is 9.53 Å². The number of thiophene rings is 1. The largest absolute Gasteiger partial charge is 0.448 e. The lowest BCUT2D eigenvalue weighted by Gasteiger charge is -2.17. The summed E-state index contributed by atoms with van der Waals surface area (Å²) in [5.74, 6) is -1.09. The number of fused-ring (bicyclic) bond motifs is 1. The molecule has 0 saturated carbocycles. The van der Waals surface area contributed by atoms with Crippen LogP contribution in [0.1, 0.15) is 33.4 Å². The Balaban J connectivity index is 1.82. The van der Waals surface area contributed by atoms with Crippen molar-refractivity contribution < 1.29 is 19.1 Å². The normalized spacial score (nSPS) is 15.4. The molecule has 1 N–H and O–H groups in total. The molecule has 0 spiro atoms. The highest BCUT2D eigenvalue weighted by molar-refractivity contribution is 7.20. The molecule has 0 aromatic carbocycles. The number of hydrogen-bond acceptors (Lipinski definition) is 6. The van der Waals surface area contributed by atoms with Crippen LogP contribution in [0.15, 0.2) is 6.07 Å². The van der Waals surface area contributed by atoms with Crippen molar-refractivity contribution >= 4 is 39.5 Å². The molecule has 1 aliphatic rings. The molecule has 8 heteroatoms. The summed E-state index contributed by atoms with van der Waals surface area (Å²) >= 11 is 1.26. The van der Waals surface area contributed by atoms with Gasteiger partial charge in [-0.2, -0.15) is 0 Å². The van der Waals surface area contributed by atoms with E-state index >= 15 is 0 Å². The van der Waals surface area contributed by atoms with Gasteiger partial charge in [-0.3, -0.25) is 9.69 Å². The van der Waals surface area contributed by atoms with Crippen molar-refractivity contribution in [1.29, 1.82) is 0 Å². The topological polar surface area (TPSA) is 88.6 Å². The molecule has 25 heavy (non-hydrogen) atoms. The third-order valence-electron chi connectivity index (χ3n) is 4.17. The summed E-state index contributed by atoms with van der Waals surface area (Å²) in [5.41, 5.74) is 2.73. The van der Waals surface area contributed by atoms with Crippen LogP contribution in [0.2, 0.25) is 0 Å². The summed E-state index contributed by atoms with van der Waals surface area (Å²) in [6.07, 6.45) is -1.03. The zero-order chi connectivity index (χ0) is 18.3. The minimum atomic E-state index is -1.03. The van der Waals surface area contributed by atoms with Gasteiger partial charge in [0.25, 0.3) is 5.91 Å². The minimum Gasteiger partial charge on any atom is -0.448 e. The molecule has 3 amide bonds. The Kier molecular flexibility index (Phi) is 4.47. The van der Waals surface area contributed by atoms with Crippen molar-refractivity contribution in [2.24, 2.45) is 0 Å². The Morgan fingerprint density at radius 2 is 2.08 bits per heavy atom. The number of ether oxygens (including phenoxy) is 1. The number of carbonyl (C=O) groups excluding carboxylic acids is 3. The summed E-state index contributed by atoms with van der Waals surface area (Å²) in [7, 11) is 0. The third-order valence-corrected chi connectivity index (χ3v) is 5.33. The molecule has 0 radical (unpaired) electrons. The molecule has 2 aromatic rings. The van der Waals surface area contributed by atoms with Crippen molar-refractivity contribution in [2.45, 2.75) is 33.8 Å². The van der Waals surface area contributed by atoms with E-state index in [1.807, 2.05) is 26.8 Å². The minimum absolute atomic E-state index is 0.282. The van der Waals surface area contributed by atoms with E-state index in [0.717, 1.165) is 31.9 Å². The fourth-order valence-electron chi connectivity index (χ4n) is 2.98. The molecule has 132 valence electrons. The van der Waals surface area contributed by atoms with E-state index in [4.69, 9.17) is 4.74 Å². The van der Waals surface area contributed by atoms with E-state index in [2.05, 4.69) is 10.3 Å². The summed E-state index contributed by atoms with van der Waals surface area (Å²) < 4.78 is 5.31. The molecule has 0 aliphatic carbocycles. The first kappa shape index (κ1) is 17.3. The number of rotatable bonds is 3. The van der Waals surface area contributed by atoms with Gasteiger partial charge in [-0.15, -0.1) is 11.3 Å². The Hall–Kier alpha value is -2.48. The predicted molar refractivity (Wildman–Crippen MR) is 93.8 cm³/mol. The third kappa shape index (κ3) is 3.09. The maximum absolute atomic E-state index is 12.5. The van der Waals surface area contributed by atoms with Crippen LogP contribution in [0.5, 0.6) is 0 Å². The number of urea groups is 1. The van der Waals surface area contributed by atoms with Crippen LogP contribution in [0, 0.1) is 20.8 Å². The van der Waals surface area contributed by atoms with Crippen LogP contribution >= 0.6 is 11.3 Å². The Morgan fingerprint density at radius 1 is 1.36 bits per heavy atom. The SMILES string of the molecule is Cc1cc(C)c2c(C)c(C(=O)OC(C)C(=O)N3CCNC3=O)sc2n1. The number of nitrogens with zero attached hydrogens (tertiary/aromatic N) is 2. The molecular formula is C17H19N3O4S. The van der Waals surface area contributed by atoms with Gasteiger partial charge >= 0.3 is 12.0 Å². The maximum atomic E-state index is 12.5. The van der Waals surface area contributed by atoms with Crippen LogP contribution in [0.3, 0.4) is 0 Å². The average Bonchev–Trinajstić information content (AvgIpc) is 3.10. The van der Waals surface area contributed by atoms with E-state index in [9.17, 15) is 14.4 Å². The van der Waals surface area contributed by atoms with Gasteiger partial charge in [0.15, 0.2) is 6.10 Å². The molecule has 1 saturated heterocycles. The summed E-state index contributed by atoms with van der Waals surface area (Å²) in [6, 6.07) is 1.51. The molecule has 2 aromatic heterocycles. The molecule has 3 heterocycles. The van der Waals surface area contributed by atoms with Crippen LogP contribution < -0.4 is 5.32 Å². The van der Waals surface area contributed by atoms with Gasteiger partial charge in [-0.05, 0) is 44.9 Å². The van der Waals surface area contributed by atoms with Gasteiger partial charge in [-0.25, -0.2) is 14.6 Å². The highest BCUT2D eigenvalue weighted by Gasteiger charge is 2.32. The van der Waals surface area contributed by atoms with E-state index in [1.54, 1.807) is 0 Å². The fraction of sp³-hybridized carbons (Fsp3) is 0.412. The monoisotopic (exact) mass is 361 g/mol. The zero-order valence-electron chi connectivity index (χ0n) is 14.5. The number of aromatic nitrogens is 1. The van der Waals surface area contributed by atoms with Crippen LogP contribution in [-0.4, -0.2) is 47.0 Å². The number of hydrogen-bond donors (Lipinski definition) is 1. The van der Waals surface area contributed by atoms with E-state index in [0.29, 0.717) is 11.4 Å². The predicted octanol–water partition coefficient (Wildman–Crippen LogP) is 2.32. The second kappa shape index (κ2) is 6.44. The van der Waals surface area contributed by atoms with Crippen molar-refractivity contribution in [1.82, 2.24) is 15.2 Å². The summed E-state index contributed by atoms with van der Waals surface area (Å²) in [6.45, 7) is 7.89. The van der Waals surface area contributed by atoms with Crippen LogP contribution in [0.25, 0.3) is 10.2 Å². The molecular weight excluding hydrogens is 342 g/mol. The van der Waals surface area contributed by atoms with Crippen LogP contribution in [0.4, 0.5) is 4.79 Å². The average molecular weight is 361 g/mol. The molecule has 1 atom stereocenters. The van der Waals surface area contributed by atoms with Crippen molar-refractivity contribution in [2.75, 3.05) is 13.1 Å². The van der Waals surface area contributed by atoms with Gasteiger partial charge < -0.3 is 10.1 Å². The van der Waals surface area contributed by atoms with E-state index in [1.165, 1.54) is 18.3 Å². The van der Waals surface area contributed by atoms with Crippen molar-refractivity contribution in [3.05, 3.63) is 27.8 Å². The highest BCUT2D eigenvalue weighted by Crippen LogP contribution is 2.32. The van der Waals surface area contributed by atoms with E-state index < -0.39 is 24.0 Å². The number of carbonyl (C=O) groups is 3. The van der Waals surface area contributed by atoms with Crippen molar-refractivity contribution in [3.63, 3.8) is 0 Å². The zero-order valence-corrected chi connectivity index (χ0v) is 15.3. The molecule has 0 bridgehead atoms. The fourth-order valence-corrected chi connectivity index (χ4v) is 4.17. The second-order valence-corrected chi connectivity index (χ2v) is 7.09. The number of nitrogens with one attached hydrogen (secondary N) is 1. The second-order valence-electron chi connectivity index (χ2n) is 6.09. The first-order valence-electron chi connectivity index (χ1n) is 7.97. The van der Waals surface area contributed by atoms with Gasteiger partial charge in [0.05, 0.1) is 0 Å². The lowest BCUT2D eigenvalue weighted by molar-refractivity contribution is -0.136. The smallest absolute Gasteiger partial charge is 0.349 e. The Morgan fingerprint density at radius 3 is 2.72 bits per heavy atom. The number of amides is 3. The Labute approximate surface area is 149 Å². The molecule has 1 fully saturated rings. The van der Waals surface area contributed by atoms with Crippen molar-refractivity contribution in [3.8, 4) is 0 Å². The first-order valence-corrected chi connectivity index (χ1v) is 8.78. The summed E-state index contributed by atoms with van der Waals surface area (Å²) in [4.78, 5) is 43.1.